The first kappa shape index (κ1) is 22.0. The number of carbonyl (C=O) groups is 2. The van der Waals surface area contributed by atoms with Crippen LogP contribution in [0.4, 0.5) is 0 Å². The fraction of sp³-hybridized carbons (Fsp3) is 0.391. The standard InChI is InChI=1S/C23H28N2O4S/c1-5-16-6-8-17(9-7-16)22(26)24-12-14-25(15-13-24)23(27)20-18(28-2)10-11-19(30-4)21(20)29-3/h6-11H,5,12-15H2,1-4H3. The normalized spacial score (nSPS) is 13.9. The van der Waals surface area contributed by atoms with Crippen LogP contribution in [0, 0.1) is 0 Å². The fourth-order valence-electron chi connectivity index (χ4n) is 3.62. The van der Waals surface area contributed by atoms with Crippen LogP contribution >= 0.6 is 11.8 Å². The van der Waals surface area contributed by atoms with Crippen molar-refractivity contribution in [2.75, 3.05) is 46.7 Å². The minimum atomic E-state index is -0.140. The van der Waals surface area contributed by atoms with Gasteiger partial charge >= 0.3 is 0 Å². The number of methoxy groups -OCH3 is 2. The minimum Gasteiger partial charge on any atom is -0.496 e. The van der Waals surface area contributed by atoms with Crippen LogP contribution in [0.3, 0.4) is 0 Å². The van der Waals surface area contributed by atoms with E-state index in [1.54, 1.807) is 30.1 Å². The Morgan fingerprint density at radius 1 is 0.900 bits per heavy atom. The van der Waals surface area contributed by atoms with Crippen LogP contribution < -0.4 is 9.47 Å². The average Bonchev–Trinajstić information content (AvgIpc) is 2.82. The first-order chi connectivity index (χ1) is 14.5. The molecule has 2 aromatic rings. The predicted octanol–water partition coefficient (Wildman–Crippen LogP) is 3.59. The quantitative estimate of drug-likeness (QED) is 0.658. The van der Waals surface area contributed by atoms with Crippen molar-refractivity contribution < 1.29 is 19.1 Å². The predicted molar refractivity (Wildman–Crippen MR) is 119 cm³/mol. The summed E-state index contributed by atoms with van der Waals surface area (Å²) in [5, 5.41) is 0. The SMILES string of the molecule is CCc1ccc(C(=O)N2CCN(C(=O)c3c(OC)ccc(SC)c3OC)CC2)cc1. The number of rotatable bonds is 6. The Labute approximate surface area is 182 Å². The van der Waals surface area contributed by atoms with E-state index in [2.05, 4.69) is 6.92 Å². The van der Waals surface area contributed by atoms with Crippen LogP contribution in [-0.2, 0) is 6.42 Å². The number of ether oxygens (including phenoxy) is 2. The highest BCUT2D eigenvalue weighted by Crippen LogP contribution is 2.38. The van der Waals surface area contributed by atoms with Gasteiger partial charge in [0.2, 0.25) is 0 Å². The summed E-state index contributed by atoms with van der Waals surface area (Å²) in [4.78, 5) is 30.5. The number of amides is 2. The Kier molecular flexibility index (Phi) is 7.26. The van der Waals surface area contributed by atoms with Crippen molar-refractivity contribution in [3.63, 3.8) is 0 Å². The molecule has 1 aliphatic heterocycles. The van der Waals surface area contributed by atoms with Gasteiger partial charge in [-0.25, -0.2) is 0 Å². The molecule has 2 amide bonds. The molecule has 7 heteroatoms. The van der Waals surface area contributed by atoms with E-state index in [1.807, 2.05) is 36.6 Å². The van der Waals surface area contributed by atoms with Crippen molar-refractivity contribution in [2.45, 2.75) is 18.2 Å². The number of piperazine rings is 1. The second kappa shape index (κ2) is 9.89. The Bertz CT molecular complexity index is 906. The monoisotopic (exact) mass is 428 g/mol. The van der Waals surface area contributed by atoms with Gasteiger partial charge in [0.1, 0.15) is 17.1 Å². The maximum absolute atomic E-state index is 13.3. The molecule has 0 radical (unpaired) electrons. The van der Waals surface area contributed by atoms with Gasteiger partial charge in [0.05, 0.1) is 19.1 Å². The molecule has 0 unspecified atom stereocenters. The summed E-state index contributed by atoms with van der Waals surface area (Å²) >= 11 is 1.52. The van der Waals surface area contributed by atoms with E-state index in [9.17, 15) is 9.59 Å². The average molecular weight is 429 g/mol. The largest absolute Gasteiger partial charge is 0.496 e. The molecule has 1 fully saturated rings. The minimum absolute atomic E-state index is 0.00398. The number of hydrogen-bond acceptors (Lipinski definition) is 5. The topological polar surface area (TPSA) is 59.1 Å². The molecule has 1 saturated heterocycles. The van der Waals surface area contributed by atoms with Crippen LogP contribution in [0.15, 0.2) is 41.3 Å². The molecule has 0 aliphatic carbocycles. The Balaban J connectivity index is 1.73. The van der Waals surface area contributed by atoms with Crippen LogP contribution in [0.1, 0.15) is 33.2 Å². The second-order valence-electron chi connectivity index (χ2n) is 7.01. The van der Waals surface area contributed by atoms with Crippen molar-refractivity contribution in [3.8, 4) is 11.5 Å². The van der Waals surface area contributed by atoms with E-state index in [0.29, 0.717) is 48.8 Å². The van der Waals surface area contributed by atoms with E-state index in [0.717, 1.165) is 11.3 Å². The van der Waals surface area contributed by atoms with Crippen molar-refractivity contribution in [3.05, 3.63) is 53.1 Å². The summed E-state index contributed by atoms with van der Waals surface area (Å²) in [6, 6.07) is 11.4. The third kappa shape index (κ3) is 4.41. The smallest absolute Gasteiger partial charge is 0.261 e. The molecule has 2 aromatic carbocycles. The van der Waals surface area contributed by atoms with Gasteiger partial charge in [0.25, 0.3) is 11.8 Å². The highest BCUT2D eigenvalue weighted by atomic mass is 32.2. The molecular weight excluding hydrogens is 400 g/mol. The van der Waals surface area contributed by atoms with Crippen LogP contribution in [0.25, 0.3) is 0 Å². The van der Waals surface area contributed by atoms with Crippen molar-refractivity contribution in [1.82, 2.24) is 9.80 Å². The molecule has 6 nitrogen and oxygen atoms in total. The molecule has 30 heavy (non-hydrogen) atoms. The van der Waals surface area contributed by atoms with Gasteiger partial charge in [-0.2, -0.15) is 0 Å². The van der Waals surface area contributed by atoms with Gasteiger partial charge in [-0.3, -0.25) is 9.59 Å². The van der Waals surface area contributed by atoms with Crippen molar-refractivity contribution in [1.29, 1.82) is 0 Å². The first-order valence-electron chi connectivity index (χ1n) is 10.0. The molecule has 1 heterocycles. The molecule has 3 rings (SSSR count). The van der Waals surface area contributed by atoms with Gasteiger partial charge in [-0.1, -0.05) is 19.1 Å². The lowest BCUT2D eigenvalue weighted by atomic mass is 10.1. The molecule has 0 bridgehead atoms. The van der Waals surface area contributed by atoms with Gasteiger partial charge in [0, 0.05) is 31.7 Å². The lowest BCUT2D eigenvalue weighted by Crippen LogP contribution is -2.50. The zero-order valence-corrected chi connectivity index (χ0v) is 18.8. The third-order valence-corrected chi connectivity index (χ3v) is 6.17. The lowest BCUT2D eigenvalue weighted by molar-refractivity contribution is 0.0531. The number of thioether (sulfide) groups is 1. The highest BCUT2D eigenvalue weighted by molar-refractivity contribution is 7.98. The van der Waals surface area contributed by atoms with E-state index in [1.165, 1.54) is 17.3 Å². The van der Waals surface area contributed by atoms with E-state index in [-0.39, 0.29) is 11.8 Å². The first-order valence-corrected chi connectivity index (χ1v) is 11.2. The molecular formula is C23H28N2O4S. The summed E-state index contributed by atoms with van der Waals surface area (Å²) in [7, 11) is 3.11. The maximum atomic E-state index is 13.3. The van der Waals surface area contributed by atoms with Crippen LogP contribution in [0.2, 0.25) is 0 Å². The highest BCUT2D eigenvalue weighted by Gasteiger charge is 2.30. The lowest BCUT2D eigenvalue weighted by Gasteiger charge is -2.35. The molecule has 0 saturated carbocycles. The summed E-state index contributed by atoms with van der Waals surface area (Å²) in [5.74, 6) is 0.883. The summed E-state index contributed by atoms with van der Waals surface area (Å²) in [6.45, 7) is 4.01. The Morgan fingerprint density at radius 2 is 1.50 bits per heavy atom. The maximum Gasteiger partial charge on any atom is 0.261 e. The molecule has 0 spiro atoms. The summed E-state index contributed by atoms with van der Waals surface area (Å²) in [5.41, 5.74) is 2.32. The number of nitrogens with zero attached hydrogens (tertiary/aromatic N) is 2. The van der Waals surface area contributed by atoms with Crippen LogP contribution in [0.5, 0.6) is 11.5 Å². The zero-order chi connectivity index (χ0) is 21.7. The Morgan fingerprint density at radius 3 is 2.00 bits per heavy atom. The number of hydrogen-bond donors (Lipinski definition) is 0. The van der Waals surface area contributed by atoms with Crippen LogP contribution in [-0.4, -0.2) is 68.3 Å². The summed E-state index contributed by atoms with van der Waals surface area (Å²) in [6.07, 6.45) is 2.88. The van der Waals surface area contributed by atoms with E-state index >= 15 is 0 Å². The van der Waals surface area contributed by atoms with Crippen molar-refractivity contribution in [2.24, 2.45) is 0 Å². The van der Waals surface area contributed by atoms with E-state index < -0.39 is 0 Å². The van der Waals surface area contributed by atoms with Gasteiger partial charge in [0.15, 0.2) is 0 Å². The second-order valence-corrected chi connectivity index (χ2v) is 7.86. The molecule has 160 valence electrons. The zero-order valence-electron chi connectivity index (χ0n) is 17.9. The fourth-order valence-corrected chi connectivity index (χ4v) is 4.19. The molecule has 0 N–H and O–H groups in total. The number of benzene rings is 2. The van der Waals surface area contributed by atoms with Crippen molar-refractivity contribution >= 4 is 23.6 Å². The molecule has 0 aromatic heterocycles. The molecule has 0 atom stereocenters. The van der Waals surface area contributed by atoms with Gasteiger partial charge in [-0.15, -0.1) is 11.8 Å². The third-order valence-electron chi connectivity index (χ3n) is 5.40. The summed E-state index contributed by atoms with van der Waals surface area (Å²) < 4.78 is 11.0. The van der Waals surface area contributed by atoms with E-state index in [4.69, 9.17) is 9.47 Å². The number of aryl methyl sites for hydroxylation is 1. The van der Waals surface area contributed by atoms with Gasteiger partial charge in [-0.05, 0) is 42.5 Å². The molecule has 1 aliphatic rings. The number of carbonyl (C=O) groups excluding carboxylic acids is 2. The Hall–Kier alpha value is -2.67. The van der Waals surface area contributed by atoms with Gasteiger partial charge < -0.3 is 19.3 Å².